The summed E-state index contributed by atoms with van der Waals surface area (Å²) >= 11 is 0. The van der Waals surface area contributed by atoms with Crippen LogP contribution in [0.2, 0.25) is 0 Å². The first kappa shape index (κ1) is 16.7. The molecule has 2 fully saturated rings. The zero-order valence-corrected chi connectivity index (χ0v) is 14.6. The average Bonchev–Trinajstić information content (AvgIpc) is 3.38. The largest absolute Gasteiger partial charge is 0.425 e. The van der Waals surface area contributed by atoms with Crippen molar-refractivity contribution in [2.24, 2.45) is 0 Å². The van der Waals surface area contributed by atoms with Crippen molar-refractivity contribution in [2.75, 3.05) is 13.1 Å². The number of hydrogen-bond donors (Lipinski definition) is 0. The van der Waals surface area contributed by atoms with Gasteiger partial charge >= 0.3 is 0 Å². The molecule has 1 aromatic carbocycles. The van der Waals surface area contributed by atoms with Crippen LogP contribution in [0, 0.1) is 17.0 Å². The summed E-state index contributed by atoms with van der Waals surface area (Å²) in [4.78, 5) is 25.1. The van der Waals surface area contributed by atoms with E-state index in [1.165, 1.54) is 6.07 Å². The topological polar surface area (TPSA) is 102 Å². The Morgan fingerprint density at radius 3 is 2.35 bits per heavy atom. The summed E-state index contributed by atoms with van der Waals surface area (Å²) in [6.07, 6.45) is 3.76. The molecule has 1 aliphatic heterocycles. The third kappa shape index (κ3) is 3.18. The number of aryl methyl sites for hydroxylation is 1. The fourth-order valence-corrected chi connectivity index (χ4v) is 3.36. The van der Waals surface area contributed by atoms with Gasteiger partial charge in [0.05, 0.1) is 4.92 Å². The zero-order chi connectivity index (χ0) is 18.3. The molecule has 8 heteroatoms. The maximum Gasteiger partial charge on any atom is 0.273 e. The van der Waals surface area contributed by atoms with Gasteiger partial charge in [-0.3, -0.25) is 14.9 Å². The van der Waals surface area contributed by atoms with Crippen molar-refractivity contribution in [1.82, 2.24) is 15.1 Å². The highest BCUT2D eigenvalue weighted by Crippen LogP contribution is 2.40. The second-order valence-corrected chi connectivity index (χ2v) is 7.08. The molecule has 0 atom stereocenters. The van der Waals surface area contributed by atoms with Gasteiger partial charge in [-0.2, -0.15) is 0 Å². The van der Waals surface area contributed by atoms with Gasteiger partial charge in [-0.05, 0) is 38.7 Å². The van der Waals surface area contributed by atoms with Crippen LogP contribution < -0.4 is 0 Å². The molecular weight excluding hydrogens is 336 g/mol. The third-order valence-corrected chi connectivity index (χ3v) is 5.17. The summed E-state index contributed by atoms with van der Waals surface area (Å²) in [6, 6.07) is 4.64. The fourth-order valence-electron chi connectivity index (χ4n) is 3.36. The first-order valence-corrected chi connectivity index (χ1v) is 8.90. The number of amides is 1. The van der Waals surface area contributed by atoms with Gasteiger partial charge in [0.1, 0.15) is 0 Å². The molecule has 136 valence electrons. The number of hydrogen-bond acceptors (Lipinski definition) is 6. The highest BCUT2D eigenvalue weighted by Gasteiger charge is 2.32. The second kappa shape index (κ2) is 6.51. The number of likely N-dealkylation sites (tertiary alicyclic amines) is 1. The van der Waals surface area contributed by atoms with Crippen molar-refractivity contribution < 1.29 is 14.1 Å². The first-order valence-electron chi connectivity index (χ1n) is 8.90. The molecule has 26 heavy (non-hydrogen) atoms. The van der Waals surface area contributed by atoms with E-state index >= 15 is 0 Å². The van der Waals surface area contributed by atoms with Gasteiger partial charge in [-0.15, -0.1) is 10.2 Å². The Kier molecular flexibility index (Phi) is 4.18. The lowest BCUT2D eigenvalue weighted by molar-refractivity contribution is -0.385. The Bertz CT molecular complexity index is 851. The molecule has 8 nitrogen and oxygen atoms in total. The van der Waals surface area contributed by atoms with E-state index in [4.69, 9.17) is 4.42 Å². The molecule has 1 aliphatic carbocycles. The quantitative estimate of drug-likeness (QED) is 0.616. The molecule has 0 bridgehead atoms. The van der Waals surface area contributed by atoms with Crippen LogP contribution >= 0.6 is 0 Å². The summed E-state index contributed by atoms with van der Waals surface area (Å²) in [5.41, 5.74) is 0.881. The van der Waals surface area contributed by atoms with Crippen molar-refractivity contribution in [3.8, 4) is 0 Å². The van der Waals surface area contributed by atoms with Crippen LogP contribution in [0.3, 0.4) is 0 Å². The Labute approximate surface area is 150 Å². The lowest BCUT2D eigenvalue weighted by Crippen LogP contribution is -2.38. The Morgan fingerprint density at radius 1 is 1.15 bits per heavy atom. The zero-order valence-electron chi connectivity index (χ0n) is 14.6. The number of carbonyl (C=O) groups is 1. The van der Waals surface area contributed by atoms with Gasteiger partial charge < -0.3 is 9.32 Å². The van der Waals surface area contributed by atoms with Crippen LogP contribution in [-0.2, 0) is 0 Å². The highest BCUT2D eigenvalue weighted by molar-refractivity contribution is 5.95. The molecule has 1 saturated carbocycles. The van der Waals surface area contributed by atoms with Gasteiger partial charge in [-0.1, -0.05) is 6.07 Å². The van der Waals surface area contributed by atoms with E-state index in [0.29, 0.717) is 36.0 Å². The fraction of sp³-hybridized carbons (Fsp3) is 0.500. The smallest absolute Gasteiger partial charge is 0.273 e. The normalized spacial score (nSPS) is 18.1. The summed E-state index contributed by atoms with van der Waals surface area (Å²) in [7, 11) is 0. The second-order valence-electron chi connectivity index (χ2n) is 7.08. The number of nitro benzene ring substituents is 1. The van der Waals surface area contributed by atoms with Crippen LogP contribution in [0.1, 0.15) is 65.2 Å². The highest BCUT2D eigenvalue weighted by atomic mass is 16.6. The van der Waals surface area contributed by atoms with Gasteiger partial charge in [-0.25, -0.2) is 0 Å². The van der Waals surface area contributed by atoms with Crippen molar-refractivity contribution in [3.63, 3.8) is 0 Å². The number of nitro groups is 1. The van der Waals surface area contributed by atoms with Crippen LogP contribution in [0.15, 0.2) is 22.6 Å². The molecule has 1 aromatic heterocycles. The van der Waals surface area contributed by atoms with Crippen molar-refractivity contribution >= 4 is 11.6 Å². The van der Waals surface area contributed by atoms with Crippen molar-refractivity contribution in [2.45, 2.75) is 44.4 Å². The van der Waals surface area contributed by atoms with E-state index in [1.807, 2.05) is 0 Å². The first-order chi connectivity index (χ1) is 12.5. The minimum absolute atomic E-state index is 0.0239. The maximum absolute atomic E-state index is 12.7. The minimum atomic E-state index is -0.453. The third-order valence-electron chi connectivity index (χ3n) is 5.17. The van der Waals surface area contributed by atoms with Crippen LogP contribution in [-0.4, -0.2) is 39.0 Å². The van der Waals surface area contributed by atoms with Crippen LogP contribution in [0.4, 0.5) is 5.69 Å². The van der Waals surface area contributed by atoms with Gasteiger partial charge in [0.15, 0.2) is 0 Å². The van der Waals surface area contributed by atoms with E-state index in [0.717, 1.165) is 31.6 Å². The average molecular weight is 356 g/mol. The number of aromatic nitrogens is 2. The van der Waals surface area contributed by atoms with E-state index in [1.54, 1.807) is 24.0 Å². The lowest BCUT2D eigenvalue weighted by Gasteiger charge is -2.30. The molecule has 2 aliphatic rings. The molecule has 1 saturated heterocycles. The van der Waals surface area contributed by atoms with Gasteiger partial charge in [0.2, 0.25) is 11.8 Å². The molecule has 0 spiro atoms. The molecule has 0 N–H and O–H groups in total. The van der Waals surface area contributed by atoms with E-state index in [9.17, 15) is 14.9 Å². The standard InChI is InChI=1S/C18H20N4O4/c1-11-2-3-14(10-15(11)22(24)25)18(23)21-8-6-13(7-9-21)17-20-19-16(26-17)12-4-5-12/h2-3,10,12-13H,4-9H2,1H3. The summed E-state index contributed by atoms with van der Waals surface area (Å²) in [5, 5.41) is 19.4. The molecule has 4 rings (SSSR count). The number of benzene rings is 1. The minimum Gasteiger partial charge on any atom is -0.425 e. The Hall–Kier alpha value is -2.77. The van der Waals surface area contributed by atoms with Crippen molar-refractivity contribution in [3.05, 3.63) is 51.2 Å². The molecule has 0 unspecified atom stereocenters. The van der Waals surface area contributed by atoms with E-state index in [-0.39, 0.29) is 17.5 Å². The number of piperidine rings is 1. The van der Waals surface area contributed by atoms with E-state index in [2.05, 4.69) is 10.2 Å². The predicted molar refractivity (Wildman–Crippen MR) is 92.0 cm³/mol. The number of nitrogens with zero attached hydrogens (tertiary/aromatic N) is 4. The maximum atomic E-state index is 12.7. The summed E-state index contributed by atoms with van der Waals surface area (Å²) < 4.78 is 5.78. The lowest BCUT2D eigenvalue weighted by atomic mass is 9.96. The monoisotopic (exact) mass is 356 g/mol. The van der Waals surface area contributed by atoms with Crippen LogP contribution in [0.5, 0.6) is 0 Å². The Balaban J connectivity index is 1.41. The number of rotatable bonds is 4. The molecule has 2 aromatic rings. The Morgan fingerprint density at radius 2 is 1.77 bits per heavy atom. The predicted octanol–water partition coefficient (Wildman–Crippen LogP) is 3.18. The number of carbonyl (C=O) groups excluding carboxylic acids is 1. The van der Waals surface area contributed by atoms with Crippen molar-refractivity contribution in [1.29, 1.82) is 0 Å². The van der Waals surface area contributed by atoms with Gasteiger partial charge in [0.25, 0.3) is 11.6 Å². The molecule has 1 amide bonds. The molecule has 2 heterocycles. The SMILES string of the molecule is Cc1ccc(C(=O)N2CCC(c3nnc(C4CC4)o3)CC2)cc1[N+](=O)[O-]. The van der Waals surface area contributed by atoms with Crippen LogP contribution in [0.25, 0.3) is 0 Å². The molecular formula is C18H20N4O4. The van der Waals surface area contributed by atoms with Gasteiger partial charge in [0, 0.05) is 42.1 Å². The summed E-state index contributed by atoms with van der Waals surface area (Å²) in [6.45, 7) is 2.82. The summed E-state index contributed by atoms with van der Waals surface area (Å²) in [5.74, 6) is 1.85. The molecule has 0 radical (unpaired) electrons. The van der Waals surface area contributed by atoms with E-state index < -0.39 is 4.92 Å².